The van der Waals surface area contributed by atoms with Gasteiger partial charge in [-0.3, -0.25) is 4.99 Å². The lowest BCUT2D eigenvalue weighted by Crippen LogP contribution is -2.29. The van der Waals surface area contributed by atoms with Crippen molar-refractivity contribution in [3.8, 4) is 5.75 Å². The van der Waals surface area contributed by atoms with Gasteiger partial charge in [-0.05, 0) is 84.5 Å². The molecule has 0 aliphatic carbocycles. The van der Waals surface area contributed by atoms with Gasteiger partial charge >= 0.3 is 0 Å². The highest BCUT2D eigenvalue weighted by atomic mass is 16.3. The second kappa shape index (κ2) is 9.24. The summed E-state index contributed by atoms with van der Waals surface area (Å²) in [6.07, 6.45) is 10.0. The van der Waals surface area contributed by atoms with Gasteiger partial charge < -0.3 is 10.0 Å². The second-order valence-electron chi connectivity index (χ2n) is 7.41. The van der Waals surface area contributed by atoms with Crippen LogP contribution in [0.15, 0.2) is 77.8 Å². The van der Waals surface area contributed by atoms with E-state index in [4.69, 9.17) is 0 Å². The summed E-state index contributed by atoms with van der Waals surface area (Å²) in [5.74, 6) is 0.263. The molecule has 0 unspecified atom stereocenters. The molecule has 0 atom stereocenters. The van der Waals surface area contributed by atoms with Gasteiger partial charge in [0.1, 0.15) is 5.75 Å². The lowest BCUT2D eigenvalue weighted by Gasteiger charge is -2.28. The summed E-state index contributed by atoms with van der Waals surface area (Å²) in [6, 6.07) is 24.0. The monoisotopic (exact) mass is 382 g/mol. The van der Waals surface area contributed by atoms with Crippen LogP contribution in [0.4, 0.5) is 11.4 Å². The van der Waals surface area contributed by atoms with E-state index in [0.29, 0.717) is 0 Å². The van der Waals surface area contributed by atoms with Crippen LogP contribution in [-0.2, 0) is 0 Å². The Kier molecular flexibility index (Phi) is 6.06. The lowest BCUT2D eigenvalue weighted by atomic mass is 10.1. The highest BCUT2D eigenvalue weighted by molar-refractivity contribution is 5.82. The van der Waals surface area contributed by atoms with Gasteiger partial charge in [0, 0.05) is 25.0 Å². The van der Waals surface area contributed by atoms with Crippen molar-refractivity contribution in [3.05, 3.63) is 89.5 Å². The number of anilines is 1. The smallest absolute Gasteiger partial charge is 0.115 e. The number of piperidine rings is 1. The summed E-state index contributed by atoms with van der Waals surface area (Å²) < 4.78 is 0. The van der Waals surface area contributed by atoms with Crippen LogP contribution in [0.2, 0.25) is 0 Å². The molecule has 1 N–H and O–H groups in total. The number of nitrogens with zero attached hydrogens (tertiary/aromatic N) is 2. The second-order valence-corrected chi connectivity index (χ2v) is 7.41. The summed E-state index contributed by atoms with van der Waals surface area (Å²) >= 11 is 0. The van der Waals surface area contributed by atoms with Crippen LogP contribution < -0.4 is 4.90 Å². The molecule has 1 aliphatic heterocycles. The minimum Gasteiger partial charge on any atom is -0.508 e. The quantitative estimate of drug-likeness (QED) is 0.415. The van der Waals surface area contributed by atoms with E-state index >= 15 is 0 Å². The van der Waals surface area contributed by atoms with Gasteiger partial charge in [-0.25, -0.2) is 0 Å². The van der Waals surface area contributed by atoms with Gasteiger partial charge in [-0.1, -0.05) is 36.4 Å². The molecular formula is C26H26N2O. The molecule has 1 fully saturated rings. The van der Waals surface area contributed by atoms with Gasteiger partial charge in [0.25, 0.3) is 0 Å². The maximum atomic E-state index is 9.33. The number of phenolic OH excluding ortho intramolecular Hbond substituents is 1. The Bertz CT molecular complexity index is 965. The van der Waals surface area contributed by atoms with Crippen LogP contribution in [0.25, 0.3) is 12.2 Å². The molecule has 146 valence electrons. The Balaban J connectivity index is 1.36. The fraction of sp³-hybridized carbons (Fsp3) is 0.192. The maximum absolute atomic E-state index is 9.33. The zero-order valence-electron chi connectivity index (χ0n) is 16.5. The Hall–Kier alpha value is -3.33. The molecule has 0 saturated carbocycles. The summed E-state index contributed by atoms with van der Waals surface area (Å²) in [5.41, 5.74) is 5.55. The highest BCUT2D eigenvalue weighted by Gasteiger charge is 2.09. The molecule has 4 rings (SSSR count). The normalized spacial score (nSPS) is 14.7. The zero-order chi connectivity index (χ0) is 19.9. The third-order valence-corrected chi connectivity index (χ3v) is 5.23. The molecule has 1 saturated heterocycles. The van der Waals surface area contributed by atoms with Crippen molar-refractivity contribution in [1.29, 1.82) is 0 Å². The van der Waals surface area contributed by atoms with Crippen molar-refractivity contribution in [2.24, 2.45) is 4.99 Å². The number of rotatable bonds is 5. The van der Waals surface area contributed by atoms with E-state index in [1.54, 1.807) is 18.3 Å². The van der Waals surface area contributed by atoms with Gasteiger partial charge in [-0.2, -0.15) is 0 Å². The minimum absolute atomic E-state index is 0.263. The van der Waals surface area contributed by atoms with E-state index in [2.05, 4.69) is 58.4 Å². The average molecular weight is 383 g/mol. The van der Waals surface area contributed by atoms with E-state index in [1.807, 2.05) is 24.3 Å². The predicted octanol–water partition coefficient (Wildman–Crippen LogP) is 6.30. The molecule has 1 aliphatic rings. The number of hydrogen-bond acceptors (Lipinski definition) is 3. The molecule has 3 aromatic rings. The molecule has 0 radical (unpaired) electrons. The molecule has 3 heteroatoms. The summed E-state index contributed by atoms with van der Waals surface area (Å²) in [5, 5.41) is 9.33. The van der Waals surface area contributed by atoms with Crippen molar-refractivity contribution < 1.29 is 5.11 Å². The first-order chi connectivity index (χ1) is 14.3. The number of aliphatic imine (C=N–C) groups is 1. The van der Waals surface area contributed by atoms with Crippen LogP contribution in [0.5, 0.6) is 5.75 Å². The SMILES string of the molecule is Oc1ccc(C=Nc2ccc(/C=C/c3ccc(N4CCCCC4)cc3)cc2)cc1. The Labute approximate surface area is 172 Å². The van der Waals surface area contributed by atoms with E-state index in [-0.39, 0.29) is 5.75 Å². The van der Waals surface area contributed by atoms with E-state index < -0.39 is 0 Å². The molecule has 0 aromatic heterocycles. The van der Waals surface area contributed by atoms with Crippen LogP contribution >= 0.6 is 0 Å². The van der Waals surface area contributed by atoms with Gasteiger partial charge in [-0.15, -0.1) is 0 Å². The topological polar surface area (TPSA) is 35.8 Å². The van der Waals surface area contributed by atoms with Crippen LogP contribution in [0.3, 0.4) is 0 Å². The van der Waals surface area contributed by atoms with E-state index in [0.717, 1.165) is 16.8 Å². The molecule has 0 spiro atoms. The Morgan fingerprint density at radius 2 is 1.21 bits per heavy atom. The van der Waals surface area contributed by atoms with Gasteiger partial charge in [0.2, 0.25) is 0 Å². The Morgan fingerprint density at radius 3 is 1.83 bits per heavy atom. The highest BCUT2D eigenvalue weighted by Crippen LogP contribution is 2.21. The summed E-state index contributed by atoms with van der Waals surface area (Å²) in [7, 11) is 0. The first-order valence-corrected chi connectivity index (χ1v) is 10.2. The summed E-state index contributed by atoms with van der Waals surface area (Å²) in [6.45, 7) is 2.35. The van der Waals surface area contributed by atoms with Crippen molar-refractivity contribution in [3.63, 3.8) is 0 Å². The zero-order valence-corrected chi connectivity index (χ0v) is 16.5. The molecule has 3 aromatic carbocycles. The fourth-order valence-electron chi connectivity index (χ4n) is 3.52. The molecule has 29 heavy (non-hydrogen) atoms. The molecule has 1 heterocycles. The third-order valence-electron chi connectivity index (χ3n) is 5.23. The molecular weight excluding hydrogens is 356 g/mol. The van der Waals surface area contributed by atoms with Crippen LogP contribution in [0, 0.1) is 0 Å². The largest absolute Gasteiger partial charge is 0.508 e. The lowest BCUT2D eigenvalue weighted by molar-refractivity contribution is 0.475. The van der Waals surface area contributed by atoms with Crippen molar-refractivity contribution >= 4 is 29.7 Å². The number of aromatic hydroxyl groups is 1. The van der Waals surface area contributed by atoms with Gasteiger partial charge in [0.15, 0.2) is 0 Å². The van der Waals surface area contributed by atoms with Gasteiger partial charge in [0.05, 0.1) is 5.69 Å². The summed E-state index contributed by atoms with van der Waals surface area (Å²) in [4.78, 5) is 6.96. The fourth-order valence-corrected chi connectivity index (χ4v) is 3.52. The van der Waals surface area contributed by atoms with Crippen molar-refractivity contribution in [2.75, 3.05) is 18.0 Å². The van der Waals surface area contributed by atoms with Crippen LogP contribution in [-0.4, -0.2) is 24.4 Å². The minimum atomic E-state index is 0.263. The molecule has 0 bridgehead atoms. The van der Waals surface area contributed by atoms with Crippen LogP contribution in [0.1, 0.15) is 36.0 Å². The van der Waals surface area contributed by atoms with Crippen molar-refractivity contribution in [1.82, 2.24) is 0 Å². The van der Waals surface area contributed by atoms with E-state index in [1.165, 1.54) is 43.6 Å². The first kappa shape index (κ1) is 19.0. The maximum Gasteiger partial charge on any atom is 0.115 e. The molecule has 3 nitrogen and oxygen atoms in total. The first-order valence-electron chi connectivity index (χ1n) is 10.2. The number of benzene rings is 3. The third kappa shape index (κ3) is 5.35. The predicted molar refractivity (Wildman–Crippen MR) is 123 cm³/mol. The number of hydrogen-bond donors (Lipinski definition) is 1. The standard InChI is InChI=1S/C26H26N2O/c29-26-16-10-23(11-17-26)20-27-24-12-6-21(7-13-24)4-5-22-8-14-25(15-9-22)28-18-2-1-3-19-28/h4-17,20,29H,1-3,18-19H2/b5-4+,27-20?. The number of phenols is 1. The van der Waals surface area contributed by atoms with E-state index in [9.17, 15) is 5.11 Å². The van der Waals surface area contributed by atoms with Crippen molar-refractivity contribution in [2.45, 2.75) is 19.3 Å². The average Bonchev–Trinajstić information content (AvgIpc) is 2.79. The molecule has 0 amide bonds. The Morgan fingerprint density at radius 1 is 0.655 bits per heavy atom.